The van der Waals surface area contributed by atoms with Crippen LogP contribution in [0.2, 0.25) is 0 Å². The summed E-state index contributed by atoms with van der Waals surface area (Å²) in [5.74, 6) is -1.00. The second kappa shape index (κ2) is 5.16. The minimum atomic E-state index is -0.652. The molecular weight excluding hydrogens is 260 g/mol. The van der Waals surface area contributed by atoms with Crippen LogP contribution in [0.3, 0.4) is 0 Å². The summed E-state index contributed by atoms with van der Waals surface area (Å²) in [4.78, 5) is 23.5. The van der Waals surface area contributed by atoms with E-state index in [4.69, 9.17) is 5.73 Å². The number of anilines is 1. The molecule has 106 valence electrons. The molecule has 0 aromatic carbocycles. The van der Waals surface area contributed by atoms with Crippen LogP contribution in [-0.4, -0.2) is 31.4 Å². The lowest BCUT2D eigenvalue weighted by Gasteiger charge is -2.05. The largest absolute Gasteiger partial charge is 0.364 e. The van der Waals surface area contributed by atoms with Crippen LogP contribution in [0.25, 0.3) is 0 Å². The van der Waals surface area contributed by atoms with Gasteiger partial charge in [-0.3, -0.25) is 19.0 Å². The molecular formula is C12H16N6O2. The highest BCUT2D eigenvalue weighted by atomic mass is 16.2. The average Bonchev–Trinajstić information content (AvgIpc) is 2.92. The summed E-state index contributed by atoms with van der Waals surface area (Å²) in [6.45, 7) is 4.43. The molecule has 20 heavy (non-hydrogen) atoms. The molecule has 2 aromatic rings. The Hall–Kier alpha value is -2.64. The summed E-state index contributed by atoms with van der Waals surface area (Å²) >= 11 is 0. The first kappa shape index (κ1) is 13.8. The highest BCUT2D eigenvalue weighted by Crippen LogP contribution is 2.16. The van der Waals surface area contributed by atoms with E-state index in [0.717, 1.165) is 5.69 Å². The van der Waals surface area contributed by atoms with Crippen molar-refractivity contribution in [2.75, 3.05) is 5.32 Å². The van der Waals surface area contributed by atoms with Crippen molar-refractivity contribution in [3.63, 3.8) is 0 Å². The van der Waals surface area contributed by atoms with Crippen molar-refractivity contribution in [2.45, 2.75) is 20.4 Å². The summed E-state index contributed by atoms with van der Waals surface area (Å²) in [5, 5.41) is 10.6. The highest BCUT2D eigenvalue weighted by Gasteiger charge is 2.19. The van der Waals surface area contributed by atoms with E-state index in [9.17, 15) is 9.59 Å². The van der Waals surface area contributed by atoms with E-state index in [1.807, 2.05) is 13.8 Å². The van der Waals surface area contributed by atoms with Gasteiger partial charge in [-0.15, -0.1) is 0 Å². The average molecular weight is 276 g/mol. The summed E-state index contributed by atoms with van der Waals surface area (Å²) < 4.78 is 3.04. The van der Waals surface area contributed by atoms with Gasteiger partial charge < -0.3 is 11.1 Å². The predicted molar refractivity (Wildman–Crippen MR) is 72.3 cm³/mol. The fourth-order valence-electron chi connectivity index (χ4n) is 2.00. The SMILES string of the molecule is CCn1ncc(C(=O)Nc2cnn(C)c2C(N)=O)c1C. The lowest BCUT2D eigenvalue weighted by atomic mass is 10.2. The predicted octanol–water partition coefficient (Wildman–Crippen LogP) is 0.296. The van der Waals surface area contributed by atoms with Crippen molar-refractivity contribution in [3.05, 3.63) is 29.3 Å². The van der Waals surface area contributed by atoms with Crippen molar-refractivity contribution in [1.82, 2.24) is 19.6 Å². The van der Waals surface area contributed by atoms with Crippen molar-refractivity contribution >= 4 is 17.5 Å². The van der Waals surface area contributed by atoms with E-state index in [2.05, 4.69) is 15.5 Å². The van der Waals surface area contributed by atoms with Gasteiger partial charge in [-0.1, -0.05) is 0 Å². The molecule has 0 aliphatic carbocycles. The normalized spacial score (nSPS) is 10.6. The van der Waals surface area contributed by atoms with Crippen LogP contribution in [0.5, 0.6) is 0 Å². The van der Waals surface area contributed by atoms with Crippen LogP contribution >= 0.6 is 0 Å². The first-order valence-electron chi connectivity index (χ1n) is 6.11. The molecule has 0 saturated heterocycles. The van der Waals surface area contributed by atoms with Crippen LogP contribution in [0.15, 0.2) is 12.4 Å². The topological polar surface area (TPSA) is 108 Å². The summed E-state index contributed by atoms with van der Waals surface area (Å²) in [6, 6.07) is 0. The monoisotopic (exact) mass is 276 g/mol. The number of nitrogens with two attached hydrogens (primary N) is 1. The van der Waals surface area contributed by atoms with E-state index in [0.29, 0.717) is 12.1 Å². The van der Waals surface area contributed by atoms with Crippen LogP contribution in [0, 0.1) is 6.92 Å². The molecule has 0 saturated carbocycles. The van der Waals surface area contributed by atoms with Crippen molar-refractivity contribution in [2.24, 2.45) is 12.8 Å². The molecule has 0 unspecified atom stereocenters. The van der Waals surface area contributed by atoms with Crippen LogP contribution < -0.4 is 11.1 Å². The van der Waals surface area contributed by atoms with Crippen molar-refractivity contribution < 1.29 is 9.59 Å². The summed E-state index contributed by atoms with van der Waals surface area (Å²) in [7, 11) is 1.58. The number of carbonyl (C=O) groups excluding carboxylic acids is 2. The molecule has 2 heterocycles. The number of rotatable bonds is 4. The molecule has 0 bridgehead atoms. The Bertz CT molecular complexity index is 670. The number of hydrogen-bond acceptors (Lipinski definition) is 4. The van der Waals surface area contributed by atoms with Crippen LogP contribution in [0.4, 0.5) is 5.69 Å². The van der Waals surface area contributed by atoms with Gasteiger partial charge in [0.15, 0.2) is 0 Å². The molecule has 0 radical (unpaired) electrons. The lowest BCUT2D eigenvalue weighted by molar-refractivity contribution is 0.0992. The number of aryl methyl sites for hydroxylation is 2. The van der Waals surface area contributed by atoms with Gasteiger partial charge in [0.2, 0.25) is 0 Å². The van der Waals surface area contributed by atoms with Gasteiger partial charge in [0, 0.05) is 19.3 Å². The minimum Gasteiger partial charge on any atom is -0.364 e. The number of aromatic nitrogens is 4. The third kappa shape index (κ3) is 2.27. The minimum absolute atomic E-state index is 0.152. The molecule has 0 aliphatic rings. The first-order chi connectivity index (χ1) is 9.45. The Morgan fingerprint density at radius 3 is 2.60 bits per heavy atom. The number of nitrogens with zero attached hydrogens (tertiary/aromatic N) is 4. The van der Waals surface area contributed by atoms with Gasteiger partial charge in [-0.25, -0.2) is 0 Å². The zero-order valence-electron chi connectivity index (χ0n) is 11.5. The summed E-state index contributed by atoms with van der Waals surface area (Å²) in [5.41, 5.74) is 6.91. The molecule has 3 N–H and O–H groups in total. The van der Waals surface area contributed by atoms with E-state index >= 15 is 0 Å². The van der Waals surface area contributed by atoms with Gasteiger partial charge in [-0.05, 0) is 13.8 Å². The number of carbonyl (C=O) groups is 2. The zero-order chi connectivity index (χ0) is 14.9. The van der Waals surface area contributed by atoms with Crippen molar-refractivity contribution in [3.8, 4) is 0 Å². The van der Waals surface area contributed by atoms with Gasteiger partial charge >= 0.3 is 0 Å². The summed E-state index contributed by atoms with van der Waals surface area (Å²) in [6.07, 6.45) is 2.88. The molecule has 2 rings (SSSR count). The number of amides is 2. The van der Waals surface area contributed by atoms with E-state index in [1.54, 1.807) is 11.7 Å². The smallest absolute Gasteiger partial charge is 0.269 e. The Morgan fingerprint density at radius 1 is 1.35 bits per heavy atom. The number of hydrogen-bond donors (Lipinski definition) is 2. The Morgan fingerprint density at radius 2 is 2.05 bits per heavy atom. The second-order valence-electron chi connectivity index (χ2n) is 4.31. The van der Waals surface area contributed by atoms with Gasteiger partial charge in [0.25, 0.3) is 11.8 Å². The maximum Gasteiger partial charge on any atom is 0.269 e. The highest BCUT2D eigenvalue weighted by molar-refractivity contribution is 6.08. The zero-order valence-corrected chi connectivity index (χ0v) is 11.5. The fraction of sp³-hybridized carbons (Fsp3) is 0.333. The maximum absolute atomic E-state index is 12.2. The standard InChI is InChI=1S/C12H16N6O2/c1-4-18-7(2)8(5-15-18)12(20)16-9-6-14-17(3)10(9)11(13)19/h5-6H,4H2,1-3H3,(H2,13,19)(H,16,20). The lowest BCUT2D eigenvalue weighted by Crippen LogP contribution is -2.20. The van der Waals surface area contributed by atoms with Crippen LogP contribution in [-0.2, 0) is 13.6 Å². The molecule has 0 aliphatic heterocycles. The molecule has 0 fully saturated rings. The van der Waals surface area contributed by atoms with E-state index in [-0.39, 0.29) is 17.3 Å². The Kier molecular flexibility index (Phi) is 3.55. The number of nitrogens with one attached hydrogen (secondary N) is 1. The Balaban J connectivity index is 2.28. The number of primary amides is 1. The molecule has 8 nitrogen and oxygen atoms in total. The molecule has 0 atom stereocenters. The first-order valence-corrected chi connectivity index (χ1v) is 6.11. The maximum atomic E-state index is 12.2. The third-order valence-electron chi connectivity index (χ3n) is 3.07. The van der Waals surface area contributed by atoms with Crippen LogP contribution in [0.1, 0.15) is 33.5 Å². The van der Waals surface area contributed by atoms with Gasteiger partial charge in [0.05, 0.1) is 23.6 Å². The van der Waals surface area contributed by atoms with Crippen molar-refractivity contribution in [1.29, 1.82) is 0 Å². The molecule has 8 heteroatoms. The quantitative estimate of drug-likeness (QED) is 0.837. The molecule has 0 spiro atoms. The molecule has 2 aromatic heterocycles. The van der Waals surface area contributed by atoms with Gasteiger partial charge in [-0.2, -0.15) is 10.2 Å². The van der Waals surface area contributed by atoms with E-state index < -0.39 is 5.91 Å². The Labute approximate surface area is 115 Å². The second-order valence-corrected chi connectivity index (χ2v) is 4.31. The fourth-order valence-corrected chi connectivity index (χ4v) is 2.00. The molecule has 2 amide bonds. The third-order valence-corrected chi connectivity index (χ3v) is 3.07. The van der Waals surface area contributed by atoms with E-state index in [1.165, 1.54) is 17.1 Å². The van der Waals surface area contributed by atoms with Gasteiger partial charge in [0.1, 0.15) is 5.69 Å².